The van der Waals surface area contributed by atoms with Crippen LogP contribution in [0.2, 0.25) is 5.02 Å². The number of Topliss-reactive ketones (excluding diaryl/α,β-unsaturated/α-hetero) is 1. The van der Waals surface area contributed by atoms with Crippen LogP contribution in [0, 0.1) is 0 Å². The minimum absolute atomic E-state index is 0.0285. The van der Waals surface area contributed by atoms with Crippen molar-refractivity contribution in [2.75, 3.05) is 0 Å². The highest BCUT2D eigenvalue weighted by Gasteiger charge is 2.06. The van der Waals surface area contributed by atoms with E-state index in [9.17, 15) is 4.79 Å². The highest BCUT2D eigenvalue weighted by atomic mass is 35.5. The molecule has 0 saturated carbocycles. The first-order chi connectivity index (χ1) is 7.18. The Morgan fingerprint density at radius 2 is 2.27 bits per heavy atom. The van der Waals surface area contributed by atoms with Crippen molar-refractivity contribution in [2.24, 2.45) is 0 Å². The molecular formula is C11H9ClN2O. The van der Waals surface area contributed by atoms with Crippen LogP contribution in [0.25, 0.3) is 5.82 Å². The Balaban J connectivity index is 2.46. The standard InChI is InChI=1S/C11H9ClN2O/c1-8(15)9-4-6-14(7-9)11-10(12)3-2-5-13-11/h2-7H,1H3. The first-order valence-corrected chi connectivity index (χ1v) is 4.86. The van der Waals surface area contributed by atoms with Gasteiger partial charge >= 0.3 is 0 Å². The molecule has 0 aliphatic rings. The molecule has 76 valence electrons. The molecule has 2 heterocycles. The second kappa shape index (κ2) is 3.87. The molecule has 0 aromatic carbocycles. The number of pyridine rings is 1. The molecule has 2 aromatic rings. The van der Waals surface area contributed by atoms with Gasteiger partial charge in [-0.3, -0.25) is 4.79 Å². The number of hydrogen-bond acceptors (Lipinski definition) is 2. The van der Waals surface area contributed by atoms with Gasteiger partial charge in [-0.05, 0) is 25.1 Å². The van der Waals surface area contributed by atoms with Crippen LogP contribution in [0.3, 0.4) is 0 Å². The molecule has 0 unspecified atom stereocenters. The fraction of sp³-hybridized carbons (Fsp3) is 0.0909. The zero-order valence-electron chi connectivity index (χ0n) is 8.14. The Morgan fingerprint density at radius 1 is 1.47 bits per heavy atom. The predicted molar refractivity (Wildman–Crippen MR) is 58.6 cm³/mol. The van der Waals surface area contributed by atoms with E-state index in [4.69, 9.17) is 11.6 Å². The lowest BCUT2D eigenvalue weighted by Crippen LogP contribution is -1.95. The number of hydrogen-bond donors (Lipinski definition) is 0. The summed E-state index contributed by atoms with van der Waals surface area (Å²) in [5.41, 5.74) is 0.650. The molecule has 2 aromatic heterocycles. The third kappa shape index (κ3) is 1.92. The smallest absolute Gasteiger partial charge is 0.161 e. The molecule has 2 rings (SSSR count). The van der Waals surface area contributed by atoms with Crippen molar-refractivity contribution in [3.05, 3.63) is 47.4 Å². The third-order valence-electron chi connectivity index (χ3n) is 2.08. The van der Waals surface area contributed by atoms with Gasteiger partial charge in [0.2, 0.25) is 0 Å². The van der Waals surface area contributed by atoms with Crippen molar-refractivity contribution in [3.63, 3.8) is 0 Å². The SMILES string of the molecule is CC(=O)c1ccn(-c2ncccc2Cl)c1. The predicted octanol–water partition coefficient (Wildman–Crippen LogP) is 2.73. The van der Waals surface area contributed by atoms with Crippen molar-refractivity contribution in [2.45, 2.75) is 6.92 Å². The summed E-state index contributed by atoms with van der Waals surface area (Å²) in [6, 6.07) is 5.27. The maximum atomic E-state index is 11.1. The number of aromatic nitrogens is 2. The summed E-state index contributed by atoms with van der Waals surface area (Å²) in [5.74, 6) is 0.660. The topological polar surface area (TPSA) is 34.9 Å². The summed E-state index contributed by atoms with van der Waals surface area (Å²) in [7, 11) is 0. The molecule has 0 spiro atoms. The Hall–Kier alpha value is -1.61. The van der Waals surface area contributed by atoms with Crippen molar-refractivity contribution < 1.29 is 4.79 Å². The van der Waals surface area contributed by atoms with Gasteiger partial charge in [0.1, 0.15) is 0 Å². The number of ketones is 1. The molecule has 15 heavy (non-hydrogen) atoms. The summed E-state index contributed by atoms with van der Waals surface area (Å²) in [6.45, 7) is 1.53. The van der Waals surface area contributed by atoms with Gasteiger partial charge in [-0.1, -0.05) is 11.6 Å². The van der Waals surface area contributed by atoms with Crippen LogP contribution in [-0.2, 0) is 0 Å². The summed E-state index contributed by atoms with van der Waals surface area (Å²) in [5, 5.41) is 0.559. The number of rotatable bonds is 2. The van der Waals surface area contributed by atoms with Gasteiger partial charge in [-0.25, -0.2) is 4.98 Å². The fourth-order valence-corrected chi connectivity index (χ4v) is 1.52. The Kier molecular flexibility index (Phi) is 2.56. The monoisotopic (exact) mass is 220 g/mol. The lowest BCUT2D eigenvalue weighted by atomic mass is 10.2. The van der Waals surface area contributed by atoms with Crippen LogP contribution in [0.15, 0.2) is 36.8 Å². The molecule has 0 N–H and O–H groups in total. The van der Waals surface area contributed by atoms with Gasteiger partial charge in [-0.15, -0.1) is 0 Å². The van der Waals surface area contributed by atoms with Crippen LogP contribution in [0.1, 0.15) is 17.3 Å². The summed E-state index contributed by atoms with van der Waals surface area (Å²) in [6.07, 6.45) is 5.15. The third-order valence-corrected chi connectivity index (χ3v) is 2.38. The molecule has 0 aliphatic carbocycles. The largest absolute Gasteiger partial charge is 0.307 e. The Morgan fingerprint density at radius 3 is 2.87 bits per heavy atom. The second-order valence-electron chi connectivity index (χ2n) is 3.17. The number of carbonyl (C=O) groups is 1. The van der Waals surface area contributed by atoms with E-state index in [1.165, 1.54) is 6.92 Å². The van der Waals surface area contributed by atoms with Crippen molar-refractivity contribution in [1.29, 1.82) is 0 Å². The molecule has 4 heteroatoms. The van der Waals surface area contributed by atoms with E-state index in [1.807, 2.05) is 0 Å². The van der Waals surface area contributed by atoms with Gasteiger partial charge in [0.05, 0.1) is 5.02 Å². The molecule has 0 bridgehead atoms. The van der Waals surface area contributed by atoms with E-state index in [0.717, 1.165) is 0 Å². The van der Waals surface area contributed by atoms with Crippen LogP contribution in [-0.4, -0.2) is 15.3 Å². The van der Waals surface area contributed by atoms with E-state index < -0.39 is 0 Å². The molecule has 3 nitrogen and oxygen atoms in total. The maximum Gasteiger partial charge on any atom is 0.161 e. The summed E-state index contributed by atoms with van der Waals surface area (Å²) < 4.78 is 1.74. The van der Waals surface area contributed by atoms with Crippen molar-refractivity contribution >= 4 is 17.4 Å². The first kappa shape index (κ1) is 9.93. The fourth-order valence-electron chi connectivity index (χ4n) is 1.30. The molecule has 0 atom stereocenters. The zero-order chi connectivity index (χ0) is 10.8. The second-order valence-corrected chi connectivity index (χ2v) is 3.58. The van der Waals surface area contributed by atoms with Gasteiger partial charge in [0.15, 0.2) is 11.6 Å². The normalized spacial score (nSPS) is 10.3. The average Bonchev–Trinajstić information content (AvgIpc) is 2.67. The van der Waals surface area contributed by atoms with Gasteiger partial charge in [0, 0.05) is 24.2 Å². The van der Waals surface area contributed by atoms with Gasteiger partial charge < -0.3 is 4.57 Å². The van der Waals surface area contributed by atoms with E-state index in [1.54, 1.807) is 41.4 Å². The highest BCUT2D eigenvalue weighted by Crippen LogP contribution is 2.18. The Bertz CT molecular complexity index is 505. The van der Waals surface area contributed by atoms with E-state index in [-0.39, 0.29) is 5.78 Å². The number of nitrogens with zero attached hydrogens (tertiary/aromatic N) is 2. The zero-order valence-corrected chi connectivity index (χ0v) is 8.90. The van der Waals surface area contributed by atoms with Crippen molar-refractivity contribution in [1.82, 2.24) is 9.55 Å². The lowest BCUT2D eigenvalue weighted by molar-refractivity contribution is 0.101. The van der Waals surface area contributed by atoms with Crippen LogP contribution < -0.4 is 0 Å². The van der Waals surface area contributed by atoms with Crippen molar-refractivity contribution in [3.8, 4) is 5.82 Å². The van der Waals surface area contributed by atoms with Crippen LogP contribution in [0.5, 0.6) is 0 Å². The van der Waals surface area contributed by atoms with Gasteiger partial charge in [0.25, 0.3) is 0 Å². The maximum absolute atomic E-state index is 11.1. The minimum atomic E-state index is 0.0285. The quantitative estimate of drug-likeness (QED) is 0.730. The summed E-state index contributed by atoms with van der Waals surface area (Å²) >= 11 is 5.98. The number of carbonyl (C=O) groups excluding carboxylic acids is 1. The molecule has 0 aliphatic heterocycles. The molecule has 0 fully saturated rings. The van der Waals surface area contributed by atoms with E-state index in [2.05, 4.69) is 4.98 Å². The summed E-state index contributed by atoms with van der Waals surface area (Å²) in [4.78, 5) is 15.2. The minimum Gasteiger partial charge on any atom is -0.307 e. The first-order valence-electron chi connectivity index (χ1n) is 4.48. The molecule has 0 saturated heterocycles. The number of halogens is 1. The van der Waals surface area contributed by atoms with Crippen LogP contribution >= 0.6 is 11.6 Å². The van der Waals surface area contributed by atoms with Crippen LogP contribution in [0.4, 0.5) is 0 Å². The lowest BCUT2D eigenvalue weighted by Gasteiger charge is -2.02. The van der Waals surface area contributed by atoms with Gasteiger partial charge in [-0.2, -0.15) is 0 Å². The highest BCUT2D eigenvalue weighted by molar-refractivity contribution is 6.32. The molecule has 0 amide bonds. The van der Waals surface area contributed by atoms with E-state index >= 15 is 0 Å². The van der Waals surface area contributed by atoms with E-state index in [0.29, 0.717) is 16.4 Å². The molecular weight excluding hydrogens is 212 g/mol. The average molecular weight is 221 g/mol. The Labute approximate surface area is 92.3 Å². The molecule has 0 radical (unpaired) electrons.